The monoisotopic (exact) mass is 286 g/mol. The number of nitrogens with one attached hydrogen (secondary N) is 1. The summed E-state index contributed by atoms with van der Waals surface area (Å²) >= 11 is 0. The first kappa shape index (κ1) is 13.5. The van der Waals surface area contributed by atoms with Gasteiger partial charge in [0.05, 0.1) is 0 Å². The Morgan fingerprint density at radius 2 is 2.05 bits per heavy atom. The number of carbonyl (C=O) groups excluding carboxylic acids is 1. The van der Waals surface area contributed by atoms with Gasteiger partial charge in [0.2, 0.25) is 0 Å². The minimum atomic E-state index is -0.345. The van der Waals surface area contributed by atoms with Gasteiger partial charge in [0.15, 0.2) is 5.43 Å². The fourth-order valence-corrected chi connectivity index (χ4v) is 2.30. The van der Waals surface area contributed by atoms with Crippen LogP contribution in [0.5, 0.6) is 0 Å². The number of hydrogen-bond donors (Lipinski definition) is 1. The van der Waals surface area contributed by atoms with Gasteiger partial charge in [-0.25, -0.2) is 4.39 Å². The van der Waals surface area contributed by atoms with Crippen LogP contribution in [-0.2, 0) is 6.54 Å². The zero-order valence-electron chi connectivity index (χ0n) is 11.4. The van der Waals surface area contributed by atoms with E-state index < -0.39 is 0 Å². The minimum absolute atomic E-state index is 0.0942. The summed E-state index contributed by atoms with van der Waals surface area (Å²) in [5, 5.41) is 0. The van der Waals surface area contributed by atoms with E-state index in [2.05, 4.69) is 4.98 Å². The van der Waals surface area contributed by atoms with Crippen LogP contribution in [0.3, 0.4) is 0 Å². The number of aromatic amines is 1. The molecule has 0 spiro atoms. The van der Waals surface area contributed by atoms with Crippen LogP contribution in [0.2, 0.25) is 0 Å². The van der Waals surface area contributed by atoms with Gasteiger partial charge in [-0.05, 0) is 18.9 Å². The molecule has 2 aromatic rings. The number of pyridine rings is 1. The summed E-state index contributed by atoms with van der Waals surface area (Å²) in [6.07, 6.45) is 4.68. The lowest BCUT2D eigenvalue weighted by Gasteiger charge is -2.22. The molecule has 1 saturated carbocycles. The van der Waals surface area contributed by atoms with E-state index in [4.69, 9.17) is 0 Å². The fourth-order valence-electron chi connectivity index (χ4n) is 2.30. The van der Waals surface area contributed by atoms with Gasteiger partial charge in [-0.3, -0.25) is 9.59 Å². The highest BCUT2D eigenvalue weighted by atomic mass is 19.1. The van der Waals surface area contributed by atoms with Crippen molar-refractivity contribution in [2.24, 2.45) is 0 Å². The summed E-state index contributed by atoms with van der Waals surface area (Å²) in [6.45, 7) is 0.185. The average molecular weight is 286 g/mol. The molecule has 1 aromatic heterocycles. The van der Waals surface area contributed by atoms with Crippen molar-refractivity contribution in [2.75, 3.05) is 0 Å². The second-order valence-corrected chi connectivity index (χ2v) is 5.18. The third kappa shape index (κ3) is 2.86. The molecule has 0 radical (unpaired) electrons. The Labute approximate surface area is 121 Å². The predicted octanol–water partition coefficient (Wildman–Crippen LogP) is 2.32. The first-order valence-electron chi connectivity index (χ1n) is 6.88. The van der Waals surface area contributed by atoms with Gasteiger partial charge in [0, 0.05) is 36.6 Å². The van der Waals surface area contributed by atoms with Gasteiger partial charge in [0.25, 0.3) is 5.91 Å². The Balaban J connectivity index is 1.89. The smallest absolute Gasteiger partial charge is 0.259 e. The quantitative estimate of drug-likeness (QED) is 0.937. The molecular formula is C16H15FN2O2. The number of nitrogens with zero attached hydrogens (tertiary/aromatic N) is 1. The molecule has 1 fully saturated rings. The van der Waals surface area contributed by atoms with E-state index in [9.17, 15) is 14.0 Å². The van der Waals surface area contributed by atoms with E-state index in [1.807, 2.05) is 0 Å². The van der Waals surface area contributed by atoms with Crippen molar-refractivity contribution in [1.82, 2.24) is 9.88 Å². The molecule has 0 bridgehead atoms. The van der Waals surface area contributed by atoms with E-state index in [1.54, 1.807) is 23.1 Å². The van der Waals surface area contributed by atoms with Crippen molar-refractivity contribution in [1.29, 1.82) is 0 Å². The first-order valence-corrected chi connectivity index (χ1v) is 6.88. The molecule has 21 heavy (non-hydrogen) atoms. The van der Waals surface area contributed by atoms with E-state index >= 15 is 0 Å². The summed E-state index contributed by atoms with van der Waals surface area (Å²) in [4.78, 5) is 28.7. The third-order valence-electron chi connectivity index (χ3n) is 3.60. The van der Waals surface area contributed by atoms with Crippen LogP contribution in [0.15, 0.2) is 47.5 Å². The van der Waals surface area contributed by atoms with Gasteiger partial charge in [-0.1, -0.05) is 18.2 Å². The summed E-state index contributed by atoms with van der Waals surface area (Å²) in [5.41, 5.74) is 0.240. The highest BCUT2D eigenvalue weighted by Gasteiger charge is 2.34. The number of H-pyrrole nitrogens is 1. The van der Waals surface area contributed by atoms with Crippen LogP contribution < -0.4 is 5.43 Å². The molecule has 1 amide bonds. The van der Waals surface area contributed by atoms with Crippen LogP contribution >= 0.6 is 0 Å². The molecule has 1 heterocycles. The number of benzene rings is 1. The van der Waals surface area contributed by atoms with Crippen LogP contribution in [0, 0.1) is 5.82 Å². The molecule has 1 aliphatic rings. The second-order valence-electron chi connectivity index (χ2n) is 5.18. The standard InChI is InChI=1S/C16H15FN2O2/c17-14-4-2-1-3-11(14)10-19(12-5-6-12)16(21)13-9-18-8-7-15(13)20/h1-4,7-9,12H,5-6,10H2,(H,18,20). The van der Waals surface area contributed by atoms with Gasteiger partial charge in [0.1, 0.15) is 11.4 Å². The van der Waals surface area contributed by atoms with Gasteiger partial charge in [-0.15, -0.1) is 0 Å². The lowest BCUT2D eigenvalue weighted by molar-refractivity contribution is 0.0726. The molecule has 1 aromatic carbocycles. The Hall–Kier alpha value is -2.43. The molecule has 0 saturated heterocycles. The number of amides is 1. The zero-order valence-corrected chi connectivity index (χ0v) is 11.4. The summed E-state index contributed by atoms with van der Waals surface area (Å²) in [7, 11) is 0. The maximum Gasteiger partial charge on any atom is 0.259 e. The SMILES string of the molecule is O=C(c1c[nH]ccc1=O)N(Cc1ccccc1F)C1CC1. The first-order chi connectivity index (χ1) is 10.2. The van der Waals surface area contributed by atoms with Gasteiger partial charge in [-0.2, -0.15) is 0 Å². The van der Waals surface area contributed by atoms with Crippen LogP contribution in [0.1, 0.15) is 28.8 Å². The second kappa shape index (κ2) is 5.52. The lowest BCUT2D eigenvalue weighted by Crippen LogP contribution is -2.35. The minimum Gasteiger partial charge on any atom is -0.367 e. The number of halogens is 1. The van der Waals surface area contributed by atoms with Crippen molar-refractivity contribution < 1.29 is 9.18 Å². The number of carbonyl (C=O) groups is 1. The van der Waals surface area contributed by atoms with Crippen molar-refractivity contribution in [3.8, 4) is 0 Å². The van der Waals surface area contributed by atoms with Crippen molar-refractivity contribution in [3.63, 3.8) is 0 Å². The van der Waals surface area contributed by atoms with E-state index in [-0.39, 0.29) is 35.3 Å². The van der Waals surface area contributed by atoms with Crippen molar-refractivity contribution in [3.05, 3.63) is 69.9 Å². The van der Waals surface area contributed by atoms with E-state index in [0.29, 0.717) is 5.56 Å². The summed E-state index contributed by atoms with van der Waals surface area (Å²) < 4.78 is 13.8. The Morgan fingerprint density at radius 1 is 1.29 bits per heavy atom. The third-order valence-corrected chi connectivity index (χ3v) is 3.60. The fraction of sp³-hybridized carbons (Fsp3) is 0.250. The normalized spacial score (nSPS) is 14.0. The summed E-state index contributed by atoms with van der Waals surface area (Å²) in [6, 6.07) is 7.80. The highest BCUT2D eigenvalue weighted by molar-refractivity contribution is 5.94. The highest BCUT2D eigenvalue weighted by Crippen LogP contribution is 2.29. The van der Waals surface area contributed by atoms with Gasteiger partial charge >= 0.3 is 0 Å². The largest absolute Gasteiger partial charge is 0.367 e. The maximum absolute atomic E-state index is 13.8. The number of aromatic nitrogens is 1. The number of hydrogen-bond acceptors (Lipinski definition) is 2. The maximum atomic E-state index is 13.8. The van der Waals surface area contributed by atoms with E-state index in [1.165, 1.54) is 24.5 Å². The Bertz CT molecular complexity index is 722. The molecule has 4 nitrogen and oxygen atoms in total. The molecule has 3 rings (SSSR count). The predicted molar refractivity (Wildman–Crippen MR) is 76.4 cm³/mol. The lowest BCUT2D eigenvalue weighted by atomic mass is 10.1. The van der Waals surface area contributed by atoms with Crippen LogP contribution in [0.4, 0.5) is 4.39 Å². The zero-order chi connectivity index (χ0) is 14.8. The van der Waals surface area contributed by atoms with Crippen LogP contribution in [-0.4, -0.2) is 21.8 Å². The topological polar surface area (TPSA) is 53.2 Å². The molecular weight excluding hydrogens is 271 g/mol. The molecule has 0 aliphatic heterocycles. The van der Waals surface area contributed by atoms with Crippen LogP contribution in [0.25, 0.3) is 0 Å². The molecule has 1 N–H and O–H groups in total. The molecule has 108 valence electrons. The molecule has 0 atom stereocenters. The summed E-state index contributed by atoms with van der Waals surface area (Å²) in [5.74, 6) is -0.680. The van der Waals surface area contributed by atoms with E-state index in [0.717, 1.165) is 12.8 Å². The van der Waals surface area contributed by atoms with Crippen molar-refractivity contribution in [2.45, 2.75) is 25.4 Å². The average Bonchev–Trinajstić information content (AvgIpc) is 3.31. The number of rotatable bonds is 4. The Kier molecular flexibility index (Phi) is 3.56. The van der Waals surface area contributed by atoms with Crippen molar-refractivity contribution >= 4 is 5.91 Å². The Morgan fingerprint density at radius 3 is 2.71 bits per heavy atom. The van der Waals surface area contributed by atoms with Gasteiger partial charge < -0.3 is 9.88 Å². The molecule has 1 aliphatic carbocycles. The molecule has 0 unspecified atom stereocenters. The molecule has 5 heteroatoms.